The second-order valence-electron chi connectivity index (χ2n) is 7.32. The van der Waals surface area contributed by atoms with Gasteiger partial charge in [0.15, 0.2) is 0 Å². The van der Waals surface area contributed by atoms with Crippen LogP contribution in [0.2, 0.25) is 0 Å². The van der Waals surface area contributed by atoms with E-state index in [-0.39, 0.29) is 37.6 Å². The molecule has 9 nitrogen and oxygen atoms in total. The molecule has 0 radical (unpaired) electrons. The Morgan fingerprint density at radius 3 is 1.87 bits per heavy atom. The predicted molar refractivity (Wildman–Crippen MR) is 110 cm³/mol. The van der Waals surface area contributed by atoms with Crippen molar-refractivity contribution in [2.75, 3.05) is 26.3 Å². The van der Waals surface area contributed by atoms with Gasteiger partial charge in [-0.05, 0) is 29.6 Å². The molecule has 11 heteroatoms. The fourth-order valence-corrected chi connectivity index (χ4v) is 6.20. The number of halogens is 1. The molecule has 0 atom stereocenters. The van der Waals surface area contributed by atoms with Crippen LogP contribution in [-0.4, -0.2) is 53.7 Å². The van der Waals surface area contributed by atoms with E-state index in [2.05, 4.69) is 9.47 Å². The van der Waals surface area contributed by atoms with Crippen LogP contribution in [0.3, 0.4) is 0 Å². The molecule has 2 saturated heterocycles. The highest BCUT2D eigenvalue weighted by Crippen LogP contribution is 2.60. The highest BCUT2D eigenvalue weighted by molar-refractivity contribution is 7.86. The molecule has 0 aromatic heterocycles. The van der Waals surface area contributed by atoms with Crippen LogP contribution in [0.4, 0.5) is 9.59 Å². The lowest BCUT2D eigenvalue weighted by Gasteiger charge is -2.34. The first-order valence-corrected chi connectivity index (χ1v) is 12.4. The molecule has 3 amide bonds. The number of hydrogen-bond acceptors (Lipinski definition) is 6. The Balaban J connectivity index is 0.000000171. The van der Waals surface area contributed by atoms with Crippen LogP contribution in [0.1, 0.15) is 37.7 Å². The first-order chi connectivity index (χ1) is 14.3. The molecule has 1 aromatic carbocycles. The Kier molecular flexibility index (Phi) is 6.93. The molecule has 0 unspecified atom stereocenters. The van der Waals surface area contributed by atoms with E-state index in [1.807, 2.05) is 30.3 Å². The maximum atomic E-state index is 12.1. The zero-order chi connectivity index (χ0) is 21.8. The van der Waals surface area contributed by atoms with Gasteiger partial charge in [-0.25, -0.2) is 18.9 Å². The summed E-state index contributed by atoms with van der Waals surface area (Å²) in [7, 11) is 0. The van der Waals surface area contributed by atoms with Crippen molar-refractivity contribution in [3.8, 4) is 0 Å². The van der Waals surface area contributed by atoms with E-state index < -0.39 is 19.0 Å². The van der Waals surface area contributed by atoms with Crippen LogP contribution in [-0.2, 0) is 24.2 Å². The number of carbonyl (C=O) groups excluding carboxylic acids is 3. The molecule has 164 valence electrons. The van der Waals surface area contributed by atoms with Gasteiger partial charge in [-0.2, -0.15) is 0 Å². The van der Waals surface area contributed by atoms with Crippen LogP contribution in [0.25, 0.3) is 0 Å². The quantitative estimate of drug-likeness (QED) is 0.690. The van der Waals surface area contributed by atoms with Crippen molar-refractivity contribution in [3.63, 3.8) is 0 Å². The molecular weight excluding hydrogens is 433 g/mol. The van der Waals surface area contributed by atoms with E-state index >= 15 is 0 Å². The summed E-state index contributed by atoms with van der Waals surface area (Å²) in [6, 6.07) is 9.98. The fourth-order valence-electron chi connectivity index (χ4n) is 3.94. The number of benzene rings is 1. The second kappa shape index (κ2) is 9.27. The molecule has 3 fully saturated rings. The molecule has 4 rings (SSSR count). The number of amides is 3. The number of nitrogens with two attached hydrogens (primary N) is 1. The minimum absolute atomic E-state index is 0.114. The van der Waals surface area contributed by atoms with Crippen molar-refractivity contribution >= 4 is 36.1 Å². The third-order valence-electron chi connectivity index (χ3n) is 5.58. The van der Waals surface area contributed by atoms with Gasteiger partial charge in [0, 0.05) is 0 Å². The maximum Gasteiger partial charge on any atom is 0.417 e. The van der Waals surface area contributed by atoms with Crippen LogP contribution >= 0.6 is 18.0 Å². The Labute approximate surface area is 179 Å². The van der Waals surface area contributed by atoms with Gasteiger partial charge in [0.1, 0.15) is 13.2 Å². The van der Waals surface area contributed by atoms with Crippen molar-refractivity contribution in [2.24, 2.45) is 5.73 Å². The Morgan fingerprint density at radius 2 is 1.47 bits per heavy atom. The van der Waals surface area contributed by atoms with E-state index in [1.165, 1.54) is 6.42 Å². The molecule has 1 aliphatic carbocycles. The Morgan fingerprint density at radius 1 is 0.967 bits per heavy atom. The lowest BCUT2D eigenvalue weighted by molar-refractivity contribution is -0.124. The first kappa shape index (κ1) is 22.4. The van der Waals surface area contributed by atoms with Gasteiger partial charge in [0.05, 0.1) is 18.5 Å². The van der Waals surface area contributed by atoms with E-state index in [0.29, 0.717) is 0 Å². The third-order valence-corrected chi connectivity index (χ3v) is 8.59. The van der Waals surface area contributed by atoms with Crippen molar-refractivity contribution < 1.29 is 28.4 Å². The lowest BCUT2D eigenvalue weighted by atomic mass is 9.69. The summed E-state index contributed by atoms with van der Waals surface area (Å²) in [5, 5.41) is 0. The van der Waals surface area contributed by atoms with Gasteiger partial charge >= 0.3 is 19.0 Å². The number of hydrogen-bond donors (Lipinski definition) is 1. The van der Waals surface area contributed by atoms with Crippen LogP contribution in [0.5, 0.6) is 0 Å². The minimum Gasteiger partial charge on any atom is -0.447 e. The standard InChI is InChI=1S/C13H17NO.C6H8ClN2O5P/c14-12(15)13(9-5-2-6-10-13)11-7-3-1-4-8-11;7-15(12,8-1-3-13-5(8)10)9-2-4-14-6(9)11/h1,3-4,7-8H,2,5-6,9-10H2,(H2,14,15);1-4H2. The number of primary amides is 1. The average Bonchev–Trinajstić information content (AvgIpc) is 3.38. The van der Waals surface area contributed by atoms with Gasteiger partial charge < -0.3 is 15.2 Å². The first-order valence-electron chi connectivity index (χ1n) is 9.84. The van der Waals surface area contributed by atoms with Crippen molar-refractivity contribution in [2.45, 2.75) is 37.5 Å². The molecule has 2 heterocycles. The normalized spacial score (nSPS) is 20.8. The third kappa shape index (κ3) is 4.42. The molecular formula is C19H25ClN3O6P. The zero-order valence-electron chi connectivity index (χ0n) is 16.5. The van der Waals surface area contributed by atoms with Crippen molar-refractivity contribution in [1.82, 2.24) is 9.34 Å². The van der Waals surface area contributed by atoms with Gasteiger partial charge in [-0.15, -0.1) is 0 Å². The summed E-state index contributed by atoms with van der Waals surface area (Å²) in [6.07, 6.45) is 3.72. The molecule has 1 saturated carbocycles. The van der Waals surface area contributed by atoms with E-state index in [0.717, 1.165) is 40.6 Å². The summed E-state index contributed by atoms with van der Waals surface area (Å²) in [5.74, 6) is -0.159. The molecule has 2 N–H and O–H groups in total. The van der Waals surface area contributed by atoms with Gasteiger partial charge in [0.2, 0.25) is 5.91 Å². The highest BCUT2D eigenvalue weighted by atomic mass is 35.7. The summed E-state index contributed by atoms with van der Waals surface area (Å²) >= 11 is 5.74. The highest BCUT2D eigenvalue weighted by Gasteiger charge is 2.47. The second-order valence-corrected chi connectivity index (χ2v) is 10.6. The lowest BCUT2D eigenvalue weighted by Crippen LogP contribution is -2.42. The topological polar surface area (TPSA) is 119 Å². The molecule has 3 aliphatic rings. The van der Waals surface area contributed by atoms with Crippen molar-refractivity contribution in [3.05, 3.63) is 35.9 Å². The van der Waals surface area contributed by atoms with Crippen LogP contribution < -0.4 is 5.73 Å². The van der Waals surface area contributed by atoms with Crippen molar-refractivity contribution in [1.29, 1.82) is 0 Å². The number of carbonyl (C=O) groups is 3. The fraction of sp³-hybridized carbons (Fsp3) is 0.526. The smallest absolute Gasteiger partial charge is 0.417 e. The van der Waals surface area contributed by atoms with E-state index in [9.17, 15) is 18.9 Å². The SMILES string of the molecule is NC(=O)C1(c2ccccc2)CCCCC1.O=C1OCCN1P(=O)(Cl)N1CCOC1=O. The molecule has 30 heavy (non-hydrogen) atoms. The Hall–Kier alpha value is -2.25. The number of ether oxygens (including phenoxy) is 2. The zero-order valence-corrected chi connectivity index (χ0v) is 18.1. The summed E-state index contributed by atoms with van der Waals surface area (Å²) in [4.78, 5) is 34.0. The monoisotopic (exact) mass is 457 g/mol. The van der Waals surface area contributed by atoms with Gasteiger partial charge in [-0.1, -0.05) is 49.6 Å². The number of cyclic esters (lactones) is 2. The number of nitrogens with zero attached hydrogens (tertiary/aromatic N) is 2. The van der Waals surface area contributed by atoms with E-state index in [1.54, 1.807) is 0 Å². The molecule has 1 aromatic rings. The van der Waals surface area contributed by atoms with Gasteiger partial charge in [-0.3, -0.25) is 9.36 Å². The van der Waals surface area contributed by atoms with Crippen LogP contribution in [0.15, 0.2) is 30.3 Å². The molecule has 0 spiro atoms. The molecule has 2 aliphatic heterocycles. The number of rotatable bonds is 4. The summed E-state index contributed by atoms with van der Waals surface area (Å²) < 4.78 is 23.0. The van der Waals surface area contributed by atoms with Gasteiger partial charge in [0.25, 0.3) is 0 Å². The summed E-state index contributed by atoms with van der Waals surface area (Å²) in [6.45, 7) is -3.23. The molecule has 0 bridgehead atoms. The Bertz CT molecular complexity index is 816. The van der Waals surface area contributed by atoms with Crippen LogP contribution in [0, 0.1) is 0 Å². The average molecular weight is 458 g/mol. The largest absolute Gasteiger partial charge is 0.447 e. The summed E-state index contributed by atoms with van der Waals surface area (Å²) in [5.41, 5.74) is 6.30. The minimum atomic E-state index is -3.71. The maximum absolute atomic E-state index is 12.1. The van der Waals surface area contributed by atoms with E-state index in [4.69, 9.17) is 17.0 Å². The predicted octanol–water partition coefficient (Wildman–Crippen LogP) is 3.61.